The van der Waals surface area contributed by atoms with Gasteiger partial charge in [-0.15, -0.1) is 0 Å². The molecular weight excluding hydrogens is 524 g/mol. The molecule has 3 aromatic carbocycles. The smallest absolute Gasteiger partial charge is 0.264 e. The molecule has 206 valence electrons. The summed E-state index contributed by atoms with van der Waals surface area (Å²) in [6, 6.07) is 22.8. The Labute approximate surface area is 227 Å². The van der Waals surface area contributed by atoms with Crippen LogP contribution in [0.5, 0.6) is 11.5 Å². The highest BCUT2D eigenvalue weighted by molar-refractivity contribution is 7.89. The number of para-hydroxylation sites is 1. The largest absolute Gasteiger partial charge is 0.457 e. The molecule has 0 unspecified atom stereocenters. The first kappa shape index (κ1) is 27.3. The summed E-state index contributed by atoms with van der Waals surface area (Å²) < 4.78 is 46.1. The van der Waals surface area contributed by atoms with Gasteiger partial charge in [-0.3, -0.25) is 9.63 Å². The fourth-order valence-electron chi connectivity index (χ4n) is 4.72. The molecule has 2 saturated heterocycles. The zero-order valence-corrected chi connectivity index (χ0v) is 22.3. The van der Waals surface area contributed by atoms with Gasteiger partial charge in [0, 0.05) is 6.54 Å². The van der Waals surface area contributed by atoms with E-state index in [1.807, 2.05) is 48.5 Å². The zero-order valence-electron chi connectivity index (χ0n) is 21.5. The molecule has 2 N–H and O–H groups in total. The molecule has 1 amide bonds. The Morgan fingerprint density at radius 2 is 1.54 bits per heavy atom. The molecule has 2 heterocycles. The number of benzene rings is 3. The lowest BCUT2D eigenvalue weighted by atomic mass is 9.95. The summed E-state index contributed by atoms with van der Waals surface area (Å²) >= 11 is 0. The number of piperidine rings is 1. The third-order valence-electron chi connectivity index (χ3n) is 6.46. The van der Waals surface area contributed by atoms with Crippen LogP contribution in [0.3, 0.4) is 0 Å². The van der Waals surface area contributed by atoms with Crippen molar-refractivity contribution < 1.29 is 37.4 Å². The van der Waals surface area contributed by atoms with Crippen molar-refractivity contribution in [2.45, 2.75) is 55.5 Å². The number of rotatable bonds is 8. The van der Waals surface area contributed by atoms with Crippen LogP contribution in [0.4, 0.5) is 0 Å². The summed E-state index contributed by atoms with van der Waals surface area (Å²) in [5.41, 5.74) is 3.18. The fraction of sp³-hybridized carbons (Fsp3) is 0.321. The third kappa shape index (κ3) is 5.98. The second kappa shape index (κ2) is 11.0. The molecule has 11 heteroatoms. The van der Waals surface area contributed by atoms with Crippen LogP contribution in [0, 0.1) is 0 Å². The van der Waals surface area contributed by atoms with Crippen LogP contribution in [-0.4, -0.2) is 60.4 Å². The van der Waals surface area contributed by atoms with Crippen molar-refractivity contribution in [3.8, 4) is 11.5 Å². The summed E-state index contributed by atoms with van der Waals surface area (Å²) in [7, 11) is -4.27. The fourth-order valence-corrected chi connectivity index (χ4v) is 6.33. The van der Waals surface area contributed by atoms with Crippen LogP contribution in [0.25, 0.3) is 0 Å². The number of nitrogens with one attached hydrogen (secondary N) is 1. The number of ether oxygens (including phenoxy) is 3. The molecule has 3 aromatic rings. The summed E-state index contributed by atoms with van der Waals surface area (Å²) in [5.74, 6) is -0.819. The number of nitrogens with zero attached hydrogens (tertiary/aromatic N) is 1. The molecule has 2 aliphatic rings. The van der Waals surface area contributed by atoms with Gasteiger partial charge in [-0.25, -0.2) is 13.9 Å². The van der Waals surface area contributed by atoms with E-state index in [2.05, 4.69) is 5.48 Å². The number of aliphatic hydroxyl groups is 1. The average molecular weight is 555 g/mol. The third-order valence-corrected chi connectivity index (χ3v) is 8.33. The van der Waals surface area contributed by atoms with Gasteiger partial charge in [0.15, 0.2) is 5.79 Å². The van der Waals surface area contributed by atoms with E-state index < -0.39 is 46.1 Å². The van der Waals surface area contributed by atoms with Gasteiger partial charge in [0.05, 0.1) is 17.6 Å². The molecule has 0 aromatic heterocycles. The molecule has 2 fully saturated rings. The minimum Gasteiger partial charge on any atom is -0.457 e. The normalized spacial score (nSPS) is 24.6. The highest BCUT2D eigenvalue weighted by Gasteiger charge is 2.58. The Morgan fingerprint density at radius 1 is 0.949 bits per heavy atom. The van der Waals surface area contributed by atoms with E-state index in [1.165, 1.54) is 24.3 Å². The molecule has 4 atom stereocenters. The van der Waals surface area contributed by atoms with Crippen molar-refractivity contribution in [2.24, 2.45) is 0 Å². The van der Waals surface area contributed by atoms with Crippen molar-refractivity contribution in [1.29, 1.82) is 0 Å². The quantitative estimate of drug-likeness (QED) is 0.408. The van der Waals surface area contributed by atoms with Crippen molar-refractivity contribution in [1.82, 2.24) is 9.79 Å². The van der Waals surface area contributed by atoms with Crippen LogP contribution in [-0.2, 0) is 35.7 Å². The minimum atomic E-state index is -4.27. The summed E-state index contributed by atoms with van der Waals surface area (Å²) in [5, 5.41) is 10.8. The highest BCUT2D eigenvalue weighted by atomic mass is 32.2. The molecule has 0 radical (unpaired) electrons. The Hall–Kier alpha value is -3.32. The summed E-state index contributed by atoms with van der Waals surface area (Å²) in [6.07, 6.45) is -3.20. The van der Waals surface area contributed by atoms with Crippen molar-refractivity contribution in [2.75, 3.05) is 6.54 Å². The Morgan fingerprint density at radius 3 is 2.21 bits per heavy atom. The van der Waals surface area contributed by atoms with Crippen LogP contribution in [0.15, 0.2) is 89.8 Å². The van der Waals surface area contributed by atoms with Crippen LogP contribution in [0.2, 0.25) is 0 Å². The maximum Gasteiger partial charge on any atom is 0.264 e. The highest BCUT2D eigenvalue weighted by Crippen LogP contribution is 2.39. The van der Waals surface area contributed by atoms with Gasteiger partial charge >= 0.3 is 0 Å². The van der Waals surface area contributed by atoms with E-state index in [0.29, 0.717) is 11.5 Å². The molecule has 2 aliphatic heterocycles. The van der Waals surface area contributed by atoms with Gasteiger partial charge in [-0.2, -0.15) is 4.31 Å². The summed E-state index contributed by atoms with van der Waals surface area (Å²) in [6.45, 7) is 2.99. The molecular formula is C28H30N2O8S. The van der Waals surface area contributed by atoms with Crippen molar-refractivity contribution >= 4 is 15.9 Å². The van der Waals surface area contributed by atoms with E-state index in [1.54, 1.807) is 26.0 Å². The van der Waals surface area contributed by atoms with E-state index in [4.69, 9.17) is 19.0 Å². The maximum atomic E-state index is 13.8. The van der Waals surface area contributed by atoms with E-state index in [-0.39, 0.29) is 18.0 Å². The lowest BCUT2D eigenvalue weighted by Gasteiger charge is -2.41. The van der Waals surface area contributed by atoms with Gasteiger partial charge in [-0.05, 0) is 55.8 Å². The zero-order chi connectivity index (χ0) is 27.6. The number of carbonyl (C=O) groups is 1. The first-order valence-electron chi connectivity index (χ1n) is 12.5. The predicted octanol–water partition coefficient (Wildman–Crippen LogP) is 2.98. The number of hydrogen-bond donors (Lipinski definition) is 2. The van der Waals surface area contributed by atoms with Crippen LogP contribution in [0.1, 0.15) is 19.4 Å². The lowest BCUT2D eigenvalue weighted by molar-refractivity contribution is -0.156. The van der Waals surface area contributed by atoms with E-state index in [0.717, 1.165) is 9.87 Å². The van der Waals surface area contributed by atoms with Gasteiger partial charge < -0.3 is 19.3 Å². The number of aliphatic hydroxyl groups excluding tert-OH is 1. The molecule has 39 heavy (non-hydrogen) atoms. The van der Waals surface area contributed by atoms with E-state index >= 15 is 0 Å². The number of fused-ring (bicyclic) bond motifs is 1. The van der Waals surface area contributed by atoms with Crippen LogP contribution < -0.4 is 10.2 Å². The second-order valence-corrected chi connectivity index (χ2v) is 11.7. The van der Waals surface area contributed by atoms with Gasteiger partial charge in [0.2, 0.25) is 10.0 Å². The molecule has 0 spiro atoms. The van der Waals surface area contributed by atoms with E-state index in [9.17, 15) is 18.3 Å². The standard InChI is InChI=1S/C28H30N2O8S/c1-28(2)37-25-23(31)17-30(24(26(25)38-28)27(32)29-35-18-19-9-5-3-6-10-19)39(33,34)22-15-13-21(14-16-22)36-20-11-7-4-8-12-20/h3-16,23-26,31H,17-18H2,1-2H3,(H,29,32)/t23-,24-,25-,26-/m1/s1. The molecule has 10 nitrogen and oxygen atoms in total. The Balaban J connectivity index is 1.39. The number of β-amino-alcohol motifs (C(OH)–C–C–N with tert-alkyl or cyclic N) is 1. The topological polar surface area (TPSA) is 124 Å². The first-order valence-corrected chi connectivity index (χ1v) is 13.9. The maximum absolute atomic E-state index is 13.8. The lowest BCUT2D eigenvalue weighted by Crippen LogP contribution is -2.65. The second-order valence-electron chi connectivity index (χ2n) is 9.78. The minimum absolute atomic E-state index is 0.0743. The van der Waals surface area contributed by atoms with Gasteiger partial charge in [-0.1, -0.05) is 48.5 Å². The monoisotopic (exact) mass is 554 g/mol. The van der Waals surface area contributed by atoms with Gasteiger partial charge in [0.25, 0.3) is 5.91 Å². The summed E-state index contributed by atoms with van der Waals surface area (Å²) in [4.78, 5) is 18.7. The average Bonchev–Trinajstić information content (AvgIpc) is 3.25. The molecule has 0 saturated carbocycles. The van der Waals surface area contributed by atoms with Crippen LogP contribution >= 0.6 is 0 Å². The molecule has 0 bridgehead atoms. The number of amides is 1. The number of hydrogen-bond acceptors (Lipinski definition) is 8. The van der Waals surface area contributed by atoms with Crippen molar-refractivity contribution in [3.05, 3.63) is 90.5 Å². The van der Waals surface area contributed by atoms with Crippen molar-refractivity contribution in [3.63, 3.8) is 0 Å². The number of hydroxylamine groups is 1. The SMILES string of the molecule is CC1(C)O[C@H]2[C@H](O1)[C@H](C(=O)NOCc1ccccc1)N(S(=O)(=O)c1ccc(Oc3ccccc3)cc1)C[C@H]2O. The predicted molar refractivity (Wildman–Crippen MR) is 140 cm³/mol. The molecule has 0 aliphatic carbocycles. The number of carbonyl (C=O) groups excluding carboxylic acids is 1. The first-order chi connectivity index (χ1) is 18.6. The Kier molecular flexibility index (Phi) is 7.72. The van der Waals surface area contributed by atoms with Gasteiger partial charge in [0.1, 0.15) is 29.7 Å². The molecule has 5 rings (SSSR count). The Bertz CT molecular complexity index is 1380. The number of sulfonamides is 1.